The smallest absolute Gasteiger partial charge is 0.186 e. The molecule has 0 fully saturated rings. The highest BCUT2D eigenvalue weighted by Crippen LogP contribution is 2.34. The lowest BCUT2D eigenvalue weighted by atomic mass is 10.1. The monoisotopic (exact) mass is 417 g/mol. The van der Waals surface area contributed by atoms with E-state index in [1.165, 1.54) is 0 Å². The molecule has 1 N–H and O–H groups in total. The predicted molar refractivity (Wildman–Crippen MR) is 108 cm³/mol. The summed E-state index contributed by atoms with van der Waals surface area (Å²) in [7, 11) is -3.57. The van der Waals surface area contributed by atoms with Crippen molar-refractivity contribution in [3.05, 3.63) is 53.7 Å². The van der Waals surface area contributed by atoms with Gasteiger partial charge >= 0.3 is 0 Å². The van der Waals surface area contributed by atoms with Crippen LogP contribution in [0.1, 0.15) is 10.4 Å². The normalized spacial score (nSPS) is 14.9. The fourth-order valence-corrected chi connectivity index (χ4v) is 5.30. The summed E-state index contributed by atoms with van der Waals surface area (Å²) in [6, 6.07) is 10.8. The molecule has 0 saturated heterocycles. The average Bonchev–Trinajstić information content (AvgIpc) is 3.16. The molecular weight excluding hydrogens is 406 g/mol. The summed E-state index contributed by atoms with van der Waals surface area (Å²) in [4.78, 5) is 20.6. The van der Waals surface area contributed by atoms with Gasteiger partial charge in [0.15, 0.2) is 15.6 Å². The van der Waals surface area contributed by atoms with Gasteiger partial charge in [-0.25, -0.2) is 13.4 Å². The summed E-state index contributed by atoms with van der Waals surface area (Å²) in [6.45, 7) is 0. The van der Waals surface area contributed by atoms with Crippen molar-refractivity contribution < 1.29 is 13.2 Å². The van der Waals surface area contributed by atoms with Crippen molar-refractivity contribution in [1.82, 2.24) is 9.97 Å². The molecule has 0 atom stereocenters. The molecule has 0 unspecified atom stereocenters. The van der Waals surface area contributed by atoms with E-state index in [0.717, 1.165) is 21.6 Å². The van der Waals surface area contributed by atoms with Crippen LogP contribution in [0.4, 0.5) is 11.4 Å². The van der Waals surface area contributed by atoms with Crippen molar-refractivity contribution in [2.45, 2.75) is 4.90 Å². The first-order chi connectivity index (χ1) is 12.5. The number of Topliss-reactive ketones (excluding diaryl/α,β-unsaturated/α-hetero) is 1. The van der Waals surface area contributed by atoms with E-state index in [4.69, 9.17) is 0 Å². The molecule has 2 aromatic heterocycles. The largest absolute Gasteiger partial charge is 0.355 e. The van der Waals surface area contributed by atoms with Crippen LogP contribution in [0.15, 0.2) is 53.0 Å². The van der Waals surface area contributed by atoms with Gasteiger partial charge in [0.1, 0.15) is 5.75 Å². The van der Waals surface area contributed by atoms with E-state index < -0.39 is 15.6 Å². The number of carbonyl (C=O) groups excluding carboxylic acids is 1. The SMILES string of the molecule is Cl.O=C1CS(=O)(=O)c2cc3c(Nc4ccc5scnc5c4)ccnc3cc21. The number of thiazole rings is 1. The molecule has 136 valence electrons. The van der Waals surface area contributed by atoms with Crippen molar-refractivity contribution in [3.63, 3.8) is 0 Å². The van der Waals surface area contributed by atoms with Crippen LogP contribution in [-0.2, 0) is 9.84 Å². The Kier molecular flexibility index (Phi) is 4.14. The number of aromatic nitrogens is 2. The summed E-state index contributed by atoms with van der Waals surface area (Å²) in [5.41, 5.74) is 5.06. The molecule has 0 amide bonds. The quantitative estimate of drug-likeness (QED) is 0.530. The predicted octanol–water partition coefficient (Wildman–Crippen LogP) is 3.98. The van der Waals surface area contributed by atoms with Crippen LogP contribution in [0.25, 0.3) is 21.1 Å². The maximum Gasteiger partial charge on any atom is 0.186 e. The Labute approximate surface area is 164 Å². The molecule has 4 aromatic rings. The number of carbonyl (C=O) groups is 1. The second kappa shape index (κ2) is 6.26. The first-order valence-electron chi connectivity index (χ1n) is 7.80. The number of benzene rings is 2. The lowest BCUT2D eigenvalue weighted by Crippen LogP contribution is -2.03. The van der Waals surface area contributed by atoms with Gasteiger partial charge in [0.2, 0.25) is 0 Å². The van der Waals surface area contributed by atoms with Crippen LogP contribution in [0.3, 0.4) is 0 Å². The van der Waals surface area contributed by atoms with Crippen LogP contribution >= 0.6 is 23.7 Å². The number of sulfone groups is 1. The Hall–Kier alpha value is -2.55. The van der Waals surface area contributed by atoms with Gasteiger partial charge in [-0.05, 0) is 36.4 Å². The molecular formula is C18H12ClN3O3S2. The summed E-state index contributed by atoms with van der Waals surface area (Å²) >= 11 is 1.57. The zero-order chi connectivity index (χ0) is 17.9. The van der Waals surface area contributed by atoms with Crippen LogP contribution < -0.4 is 5.32 Å². The highest BCUT2D eigenvalue weighted by atomic mass is 35.5. The Balaban J connectivity index is 0.00000180. The molecule has 0 aliphatic carbocycles. The second-order valence-corrected chi connectivity index (χ2v) is 8.91. The first kappa shape index (κ1) is 17.8. The zero-order valence-corrected chi connectivity index (χ0v) is 16.1. The molecule has 0 radical (unpaired) electrons. The van der Waals surface area contributed by atoms with Crippen molar-refractivity contribution in [1.29, 1.82) is 0 Å². The molecule has 3 heterocycles. The molecule has 0 spiro atoms. The highest BCUT2D eigenvalue weighted by Gasteiger charge is 2.34. The maximum atomic E-state index is 12.2. The molecule has 27 heavy (non-hydrogen) atoms. The summed E-state index contributed by atoms with van der Waals surface area (Å²) in [5, 5.41) is 3.96. The molecule has 0 bridgehead atoms. The third-order valence-electron chi connectivity index (χ3n) is 4.41. The van der Waals surface area contributed by atoms with Crippen molar-refractivity contribution in [3.8, 4) is 0 Å². The van der Waals surface area contributed by atoms with Gasteiger partial charge in [-0.2, -0.15) is 0 Å². The van der Waals surface area contributed by atoms with Crippen LogP contribution in [0.5, 0.6) is 0 Å². The Morgan fingerprint density at radius 3 is 2.74 bits per heavy atom. The molecule has 1 aliphatic heterocycles. The third-order valence-corrected chi connectivity index (χ3v) is 6.87. The van der Waals surface area contributed by atoms with E-state index in [1.807, 2.05) is 18.2 Å². The van der Waals surface area contributed by atoms with Gasteiger partial charge in [0, 0.05) is 28.5 Å². The number of pyridine rings is 1. The molecule has 5 rings (SSSR count). The van der Waals surface area contributed by atoms with Gasteiger partial charge in [-0.15, -0.1) is 23.7 Å². The fourth-order valence-electron chi connectivity index (χ4n) is 3.18. The van der Waals surface area contributed by atoms with Crippen molar-refractivity contribution in [2.24, 2.45) is 0 Å². The molecule has 1 aliphatic rings. The number of hydrogen-bond acceptors (Lipinski definition) is 7. The van der Waals surface area contributed by atoms with Gasteiger partial charge in [-0.1, -0.05) is 0 Å². The molecule has 2 aromatic carbocycles. The third kappa shape index (κ3) is 2.86. The standard InChI is InChI=1S/C18H11N3O3S2.ClH/c22-16-8-26(23,24)18-7-11-13(3-4-19-14(11)6-12(16)18)21-10-1-2-17-15(5-10)20-9-25-17;/h1-7,9H,8H2,(H,19,21);1H. The fraction of sp³-hybridized carbons (Fsp3) is 0.0556. The minimum Gasteiger partial charge on any atom is -0.355 e. The van der Waals surface area contributed by atoms with Gasteiger partial charge in [-0.3, -0.25) is 9.78 Å². The number of nitrogens with one attached hydrogen (secondary N) is 1. The van der Waals surface area contributed by atoms with E-state index in [1.54, 1.807) is 41.2 Å². The minimum absolute atomic E-state index is 0. The van der Waals surface area contributed by atoms with Crippen LogP contribution in [0, 0.1) is 0 Å². The van der Waals surface area contributed by atoms with Gasteiger partial charge in [0.25, 0.3) is 0 Å². The van der Waals surface area contributed by atoms with E-state index in [-0.39, 0.29) is 28.6 Å². The Morgan fingerprint density at radius 2 is 1.89 bits per heavy atom. The van der Waals surface area contributed by atoms with E-state index in [2.05, 4.69) is 15.3 Å². The summed E-state index contributed by atoms with van der Waals surface area (Å²) < 4.78 is 25.5. The van der Waals surface area contributed by atoms with Crippen LogP contribution in [-0.4, -0.2) is 29.9 Å². The number of halogens is 1. The number of fused-ring (bicyclic) bond motifs is 3. The maximum absolute atomic E-state index is 12.2. The first-order valence-corrected chi connectivity index (χ1v) is 10.3. The number of rotatable bonds is 2. The number of anilines is 2. The molecule has 0 saturated carbocycles. The second-order valence-electron chi connectivity index (χ2n) is 6.07. The number of nitrogens with zero attached hydrogens (tertiary/aromatic N) is 2. The van der Waals surface area contributed by atoms with E-state index >= 15 is 0 Å². The highest BCUT2D eigenvalue weighted by molar-refractivity contribution is 7.92. The number of hydrogen-bond donors (Lipinski definition) is 1. The van der Waals surface area contributed by atoms with Crippen molar-refractivity contribution in [2.75, 3.05) is 11.1 Å². The van der Waals surface area contributed by atoms with E-state index in [0.29, 0.717) is 10.9 Å². The zero-order valence-electron chi connectivity index (χ0n) is 13.7. The van der Waals surface area contributed by atoms with Gasteiger partial charge < -0.3 is 5.32 Å². The lowest BCUT2D eigenvalue weighted by molar-refractivity contribution is 0.102. The molecule has 9 heteroatoms. The van der Waals surface area contributed by atoms with E-state index in [9.17, 15) is 13.2 Å². The minimum atomic E-state index is -3.57. The topological polar surface area (TPSA) is 89.0 Å². The molecule has 6 nitrogen and oxygen atoms in total. The number of ketones is 1. The summed E-state index contributed by atoms with van der Waals surface area (Å²) in [6.07, 6.45) is 1.63. The van der Waals surface area contributed by atoms with Gasteiger partial charge in [0.05, 0.1) is 26.1 Å². The Bertz CT molecular complexity index is 1330. The Morgan fingerprint density at radius 1 is 1.04 bits per heavy atom. The average molecular weight is 418 g/mol. The lowest BCUT2D eigenvalue weighted by Gasteiger charge is -2.10. The van der Waals surface area contributed by atoms with Crippen molar-refractivity contribution >= 4 is 71.9 Å². The summed E-state index contributed by atoms with van der Waals surface area (Å²) in [5.74, 6) is -0.849. The van der Waals surface area contributed by atoms with Crippen LogP contribution in [0.2, 0.25) is 0 Å².